The van der Waals surface area contributed by atoms with Gasteiger partial charge in [-0.1, -0.05) is 41.4 Å². The van der Waals surface area contributed by atoms with Gasteiger partial charge in [0.2, 0.25) is 0 Å². The lowest BCUT2D eigenvalue weighted by Gasteiger charge is -2.16. The van der Waals surface area contributed by atoms with Crippen LogP contribution in [0.3, 0.4) is 0 Å². The lowest BCUT2D eigenvalue weighted by atomic mass is 10.1. The van der Waals surface area contributed by atoms with Gasteiger partial charge in [-0.2, -0.15) is 5.10 Å². The van der Waals surface area contributed by atoms with Gasteiger partial charge in [0.1, 0.15) is 12.1 Å². The van der Waals surface area contributed by atoms with Crippen LogP contribution in [-0.4, -0.2) is 39.3 Å². The zero-order valence-electron chi connectivity index (χ0n) is 20.1. The van der Waals surface area contributed by atoms with Crippen molar-refractivity contribution in [2.75, 3.05) is 12.4 Å². The zero-order valence-corrected chi connectivity index (χ0v) is 22.4. The van der Waals surface area contributed by atoms with Crippen molar-refractivity contribution in [3.8, 4) is 11.4 Å². The van der Waals surface area contributed by atoms with Gasteiger partial charge in [-0.3, -0.25) is 4.57 Å². The van der Waals surface area contributed by atoms with Gasteiger partial charge < -0.3 is 10.1 Å². The first-order valence-corrected chi connectivity index (χ1v) is 12.5. The van der Waals surface area contributed by atoms with Crippen LogP contribution in [0, 0.1) is 0 Å². The highest BCUT2D eigenvalue weighted by atomic mass is 35.5. The minimum Gasteiger partial charge on any atom is -0.406 e. The van der Waals surface area contributed by atoms with E-state index >= 15 is 0 Å². The Labute approximate surface area is 236 Å². The fraction of sp³-hybridized carbons (Fsp3) is 0.0741. The van der Waals surface area contributed by atoms with Crippen molar-refractivity contribution in [2.24, 2.45) is 5.10 Å². The molecule has 0 aliphatic rings. The van der Waals surface area contributed by atoms with E-state index in [1.807, 2.05) is 30.3 Å². The molecule has 1 heterocycles. The van der Waals surface area contributed by atoms with Crippen molar-refractivity contribution in [3.63, 3.8) is 0 Å². The van der Waals surface area contributed by atoms with Crippen LogP contribution < -0.4 is 10.1 Å². The maximum Gasteiger partial charge on any atom is 0.573 e. The van der Waals surface area contributed by atoms with Crippen molar-refractivity contribution in [1.82, 2.24) is 14.6 Å². The molecule has 0 fully saturated rings. The Morgan fingerprint density at radius 1 is 1.05 bits per heavy atom. The van der Waals surface area contributed by atoms with Crippen molar-refractivity contribution < 1.29 is 17.9 Å². The maximum atomic E-state index is 12.5. The Morgan fingerprint density at radius 2 is 1.82 bits per heavy atom. The van der Waals surface area contributed by atoms with E-state index in [2.05, 4.69) is 20.1 Å². The molecule has 0 atom stereocenters. The average molecular weight is 588 g/mol. The average Bonchev–Trinajstić information content (AvgIpc) is 3.33. The van der Waals surface area contributed by atoms with Gasteiger partial charge in [0.15, 0.2) is 5.11 Å². The predicted octanol–water partition coefficient (Wildman–Crippen LogP) is 8.05. The zero-order chi connectivity index (χ0) is 27.7. The Morgan fingerprint density at radius 3 is 2.54 bits per heavy atom. The normalized spacial score (nSPS) is 11.8. The first-order chi connectivity index (χ1) is 18.6. The number of benzene rings is 4. The molecule has 12 heteroatoms. The number of alkyl halides is 3. The maximum absolute atomic E-state index is 12.5. The Bertz CT molecular complexity index is 1720. The molecule has 1 N–H and O–H groups in total. The summed E-state index contributed by atoms with van der Waals surface area (Å²) in [5.41, 5.74) is 3.69. The summed E-state index contributed by atoms with van der Waals surface area (Å²) in [5, 5.41) is 12.1. The number of fused-ring (bicyclic) bond motifs is 3. The van der Waals surface area contributed by atoms with Crippen LogP contribution in [0.1, 0.15) is 5.56 Å². The minimum atomic E-state index is -4.74. The third-order valence-corrected chi connectivity index (χ3v) is 6.67. The van der Waals surface area contributed by atoms with Crippen LogP contribution in [0.4, 0.5) is 18.9 Å². The molecule has 0 aliphatic carbocycles. The minimum absolute atomic E-state index is 0.286. The Balaban J connectivity index is 1.34. The molecule has 39 heavy (non-hydrogen) atoms. The van der Waals surface area contributed by atoms with Gasteiger partial charge in [0.05, 0.1) is 28.0 Å². The second kappa shape index (κ2) is 10.7. The number of nitrogens with zero attached hydrogens (tertiary/aromatic N) is 4. The number of aromatic nitrogens is 2. The molecule has 0 spiro atoms. The van der Waals surface area contributed by atoms with Crippen LogP contribution in [0.5, 0.6) is 5.75 Å². The summed E-state index contributed by atoms with van der Waals surface area (Å²) in [7, 11) is 1.72. The van der Waals surface area contributed by atoms with E-state index in [0.717, 1.165) is 27.4 Å². The first kappa shape index (κ1) is 26.7. The van der Waals surface area contributed by atoms with Gasteiger partial charge >= 0.3 is 6.36 Å². The van der Waals surface area contributed by atoms with E-state index < -0.39 is 6.36 Å². The quantitative estimate of drug-likeness (QED) is 0.128. The highest BCUT2D eigenvalue weighted by Gasteiger charge is 2.31. The molecule has 5 rings (SSSR count). The summed E-state index contributed by atoms with van der Waals surface area (Å²) in [4.78, 5) is 4.55. The predicted molar refractivity (Wildman–Crippen MR) is 153 cm³/mol. The standard InChI is InChI=1S/C27H18Cl2F3N5OS/c1-36(26(39)35-23-10-4-18(28)13-22(23)29)34-14-16-2-9-21-17(12-16)3-11-24-25(21)33-15-37(24)19-5-7-20(8-6-19)38-27(30,31)32/h2-15H,1H3,(H,35,39)/b34-14+. The summed E-state index contributed by atoms with van der Waals surface area (Å²) in [6, 6.07) is 20.4. The van der Waals surface area contributed by atoms with Crippen LogP contribution in [0.25, 0.3) is 27.5 Å². The van der Waals surface area contributed by atoms with Gasteiger partial charge in [0.25, 0.3) is 0 Å². The number of imidazole rings is 1. The van der Waals surface area contributed by atoms with E-state index in [-0.39, 0.29) is 5.75 Å². The van der Waals surface area contributed by atoms with E-state index in [0.29, 0.717) is 26.5 Å². The van der Waals surface area contributed by atoms with Crippen molar-refractivity contribution in [1.29, 1.82) is 0 Å². The highest BCUT2D eigenvalue weighted by Crippen LogP contribution is 2.29. The van der Waals surface area contributed by atoms with E-state index in [1.54, 1.807) is 54.5 Å². The molecule has 0 radical (unpaired) electrons. The van der Waals surface area contributed by atoms with E-state index in [1.165, 1.54) is 17.1 Å². The van der Waals surface area contributed by atoms with Gasteiger partial charge in [-0.25, -0.2) is 9.99 Å². The monoisotopic (exact) mass is 587 g/mol. The number of thiocarbonyl (C=S) groups is 1. The highest BCUT2D eigenvalue weighted by molar-refractivity contribution is 7.80. The molecule has 5 aromatic rings. The second-order valence-electron chi connectivity index (χ2n) is 8.39. The molecule has 0 aliphatic heterocycles. The van der Waals surface area contributed by atoms with Crippen LogP contribution >= 0.6 is 35.4 Å². The van der Waals surface area contributed by atoms with Crippen molar-refractivity contribution >= 4 is 74.2 Å². The molecule has 0 saturated carbocycles. The molecule has 0 unspecified atom stereocenters. The number of anilines is 1. The summed E-state index contributed by atoms with van der Waals surface area (Å²) in [5.74, 6) is -0.286. The number of rotatable bonds is 5. The number of nitrogens with one attached hydrogen (secondary N) is 1. The van der Waals surface area contributed by atoms with Gasteiger partial charge in [-0.15, -0.1) is 13.2 Å². The van der Waals surface area contributed by atoms with E-state index in [4.69, 9.17) is 35.4 Å². The molecule has 0 bridgehead atoms. The number of ether oxygens (including phenoxy) is 1. The second-order valence-corrected chi connectivity index (χ2v) is 9.62. The van der Waals surface area contributed by atoms with Crippen LogP contribution in [0.2, 0.25) is 10.0 Å². The number of hydrogen-bond donors (Lipinski definition) is 1. The topological polar surface area (TPSA) is 54.7 Å². The molecule has 198 valence electrons. The molecule has 6 nitrogen and oxygen atoms in total. The third-order valence-electron chi connectivity index (χ3n) is 5.75. The number of hydrogen-bond acceptors (Lipinski definition) is 4. The Kier molecular flexibility index (Phi) is 7.35. The summed E-state index contributed by atoms with van der Waals surface area (Å²) in [6.07, 6.45) is -1.42. The molecular formula is C27H18Cl2F3N5OS. The van der Waals surface area contributed by atoms with E-state index in [9.17, 15) is 13.2 Å². The fourth-order valence-corrected chi connectivity index (χ4v) is 4.53. The molecular weight excluding hydrogens is 570 g/mol. The molecule has 0 saturated heterocycles. The van der Waals surface area contributed by atoms with Crippen LogP contribution in [-0.2, 0) is 0 Å². The number of hydrazone groups is 1. The number of halogens is 5. The molecule has 0 amide bonds. The van der Waals surface area contributed by atoms with Crippen molar-refractivity contribution in [2.45, 2.75) is 6.36 Å². The lowest BCUT2D eigenvalue weighted by molar-refractivity contribution is -0.274. The lowest BCUT2D eigenvalue weighted by Crippen LogP contribution is -2.26. The van der Waals surface area contributed by atoms with Gasteiger partial charge in [0, 0.05) is 23.1 Å². The summed E-state index contributed by atoms with van der Waals surface area (Å²) >= 11 is 17.5. The SMILES string of the molecule is CN(/N=C/c1ccc2c(ccc3c2ncn3-c2ccc(OC(F)(F)F)cc2)c1)C(=S)Nc1ccc(Cl)cc1Cl. The Hall–Kier alpha value is -3.86. The fourth-order valence-electron chi connectivity index (χ4n) is 3.92. The van der Waals surface area contributed by atoms with Gasteiger partial charge in [-0.05, 0) is 77.8 Å². The summed E-state index contributed by atoms with van der Waals surface area (Å²) in [6.45, 7) is 0. The third kappa shape index (κ3) is 6.08. The first-order valence-electron chi connectivity index (χ1n) is 11.4. The molecule has 4 aromatic carbocycles. The van der Waals surface area contributed by atoms with Crippen molar-refractivity contribution in [3.05, 3.63) is 94.7 Å². The largest absolute Gasteiger partial charge is 0.573 e. The smallest absolute Gasteiger partial charge is 0.406 e. The summed E-state index contributed by atoms with van der Waals surface area (Å²) < 4.78 is 43.1. The molecule has 1 aromatic heterocycles. The van der Waals surface area contributed by atoms with Crippen LogP contribution in [0.15, 0.2) is 84.2 Å².